The second kappa shape index (κ2) is 5.31. The van der Waals surface area contributed by atoms with Gasteiger partial charge in [0, 0.05) is 6.20 Å². The van der Waals surface area contributed by atoms with E-state index in [-0.39, 0.29) is 22.5 Å². The second-order valence-electron chi connectivity index (χ2n) is 4.91. The summed E-state index contributed by atoms with van der Waals surface area (Å²) in [4.78, 5) is 16.7. The standard InChI is InChI=1S/C16H12F2N2O2/c1-9(21)14-13(10-4-2-5-11(17)8-10)16(22)20-7-3-6-12(18)15(20)19-14/h2-9,21H,1H3. The molecule has 0 aliphatic rings. The highest BCUT2D eigenvalue weighted by Gasteiger charge is 2.19. The van der Waals surface area contributed by atoms with E-state index in [4.69, 9.17) is 0 Å². The molecular weight excluding hydrogens is 290 g/mol. The lowest BCUT2D eigenvalue weighted by Crippen LogP contribution is -2.21. The van der Waals surface area contributed by atoms with Gasteiger partial charge in [-0.1, -0.05) is 12.1 Å². The molecule has 0 bridgehead atoms. The zero-order chi connectivity index (χ0) is 15.9. The SMILES string of the molecule is CC(O)c1nc2c(F)cccn2c(=O)c1-c1cccc(F)c1. The molecule has 0 amide bonds. The fourth-order valence-electron chi connectivity index (χ4n) is 2.36. The summed E-state index contributed by atoms with van der Waals surface area (Å²) in [5, 5.41) is 9.88. The predicted molar refractivity (Wildman–Crippen MR) is 77.4 cm³/mol. The number of halogens is 2. The smallest absolute Gasteiger partial charge is 0.266 e. The molecule has 1 atom stereocenters. The first-order valence-electron chi connectivity index (χ1n) is 6.64. The Kier molecular flexibility index (Phi) is 3.46. The van der Waals surface area contributed by atoms with Gasteiger partial charge in [0.25, 0.3) is 5.56 Å². The molecule has 22 heavy (non-hydrogen) atoms. The number of hydrogen-bond donors (Lipinski definition) is 1. The van der Waals surface area contributed by atoms with Crippen LogP contribution in [-0.2, 0) is 0 Å². The molecule has 1 unspecified atom stereocenters. The number of fused-ring (bicyclic) bond motifs is 1. The molecule has 1 aromatic carbocycles. The molecule has 112 valence electrons. The zero-order valence-electron chi connectivity index (χ0n) is 11.6. The van der Waals surface area contributed by atoms with Gasteiger partial charge in [0.1, 0.15) is 5.82 Å². The molecule has 3 aromatic rings. The van der Waals surface area contributed by atoms with E-state index >= 15 is 0 Å². The summed E-state index contributed by atoms with van der Waals surface area (Å²) >= 11 is 0. The van der Waals surface area contributed by atoms with Crippen molar-refractivity contribution in [1.29, 1.82) is 0 Å². The summed E-state index contributed by atoms with van der Waals surface area (Å²) in [7, 11) is 0. The highest BCUT2D eigenvalue weighted by atomic mass is 19.1. The third kappa shape index (κ3) is 2.27. The minimum atomic E-state index is -1.10. The lowest BCUT2D eigenvalue weighted by molar-refractivity contribution is 0.195. The molecule has 1 N–H and O–H groups in total. The van der Waals surface area contributed by atoms with Crippen molar-refractivity contribution in [3.05, 3.63) is 70.3 Å². The van der Waals surface area contributed by atoms with E-state index in [0.717, 1.165) is 4.40 Å². The summed E-state index contributed by atoms with van der Waals surface area (Å²) in [6, 6.07) is 7.97. The van der Waals surface area contributed by atoms with E-state index in [9.17, 15) is 18.7 Å². The average Bonchev–Trinajstić information content (AvgIpc) is 2.47. The van der Waals surface area contributed by atoms with E-state index in [1.807, 2.05) is 0 Å². The van der Waals surface area contributed by atoms with Crippen LogP contribution in [0, 0.1) is 11.6 Å². The number of aliphatic hydroxyl groups is 1. The first-order valence-corrected chi connectivity index (χ1v) is 6.64. The predicted octanol–water partition coefficient (Wildman–Crippen LogP) is 2.69. The van der Waals surface area contributed by atoms with E-state index < -0.39 is 23.3 Å². The van der Waals surface area contributed by atoms with Crippen LogP contribution in [0.2, 0.25) is 0 Å². The van der Waals surface area contributed by atoms with Crippen LogP contribution in [0.25, 0.3) is 16.8 Å². The largest absolute Gasteiger partial charge is 0.387 e. The monoisotopic (exact) mass is 302 g/mol. The first kappa shape index (κ1) is 14.3. The van der Waals surface area contributed by atoms with Gasteiger partial charge in [-0.25, -0.2) is 13.8 Å². The number of rotatable bonds is 2. The molecule has 0 radical (unpaired) electrons. The maximum atomic E-state index is 13.8. The molecular formula is C16H12F2N2O2. The van der Waals surface area contributed by atoms with Crippen LogP contribution < -0.4 is 5.56 Å². The normalized spacial score (nSPS) is 12.5. The molecule has 2 aromatic heterocycles. The van der Waals surface area contributed by atoms with Crippen molar-refractivity contribution in [2.24, 2.45) is 0 Å². The first-order chi connectivity index (χ1) is 10.5. The zero-order valence-corrected chi connectivity index (χ0v) is 11.6. The molecule has 0 spiro atoms. The van der Waals surface area contributed by atoms with Gasteiger partial charge in [-0.3, -0.25) is 9.20 Å². The van der Waals surface area contributed by atoms with Gasteiger partial charge in [-0.15, -0.1) is 0 Å². The Bertz CT molecular complexity index is 920. The summed E-state index contributed by atoms with van der Waals surface area (Å²) in [6.45, 7) is 1.42. The molecule has 0 fully saturated rings. The summed E-state index contributed by atoms with van der Waals surface area (Å²) in [5.74, 6) is -1.19. The molecule has 0 aliphatic carbocycles. The quantitative estimate of drug-likeness (QED) is 0.792. The van der Waals surface area contributed by atoms with Crippen molar-refractivity contribution in [3.8, 4) is 11.1 Å². The van der Waals surface area contributed by atoms with Crippen molar-refractivity contribution < 1.29 is 13.9 Å². The molecule has 6 heteroatoms. The Morgan fingerprint density at radius 1 is 1.23 bits per heavy atom. The number of benzene rings is 1. The van der Waals surface area contributed by atoms with Gasteiger partial charge in [0.05, 0.1) is 17.4 Å². The van der Waals surface area contributed by atoms with Gasteiger partial charge in [-0.2, -0.15) is 0 Å². The fourth-order valence-corrected chi connectivity index (χ4v) is 2.36. The molecule has 0 saturated heterocycles. The minimum Gasteiger partial charge on any atom is -0.387 e. The van der Waals surface area contributed by atoms with Crippen LogP contribution in [0.1, 0.15) is 18.7 Å². The molecule has 4 nitrogen and oxygen atoms in total. The molecule has 2 heterocycles. The summed E-state index contributed by atoms with van der Waals surface area (Å²) < 4.78 is 28.3. The van der Waals surface area contributed by atoms with Crippen LogP contribution in [0.3, 0.4) is 0 Å². The topological polar surface area (TPSA) is 54.6 Å². The van der Waals surface area contributed by atoms with Crippen molar-refractivity contribution >= 4 is 5.65 Å². The Hall–Kier alpha value is -2.60. The van der Waals surface area contributed by atoms with Crippen molar-refractivity contribution in [2.45, 2.75) is 13.0 Å². The number of nitrogens with zero attached hydrogens (tertiary/aromatic N) is 2. The van der Waals surface area contributed by atoms with Crippen molar-refractivity contribution in [3.63, 3.8) is 0 Å². The van der Waals surface area contributed by atoms with E-state index in [1.54, 1.807) is 6.07 Å². The number of hydrogen-bond acceptors (Lipinski definition) is 3. The molecule has 3 rings (SSSR count). The second-order valence-corrected chi connectivity index (χ2v) is 4.91. The molecule has 0 aliphatic heterocycles. The van der Waals surface area contributed by atoms with Gasteiger partial charge in [0.2, 0.25) is 0 Å². The van der Waals surface area contributed by atoms with Crippen molar-refractivity contribution in [1.82, 2.24) is 9.38 Å². The van der Waals surface area contributed by atoms with Gasteiger partial charge >= 0.3 is 0 Å². The summed E-state index contributed by atoms with van der Waals surface area (Å²) in [6.07, 6.45) is 0.276. The van der Waals surface area contributed by atoms with Crippen LogP contribution >= 0.6 is 0 Å². The van der Waals surface area contributed by atoms with Gasteiger partial charge in [-0.05, 0) is 36.8 Å². The lowest BCUT2D eigenvalue weighted by Gasteiger charge is -2.13. The van der Waals surface area contributed by atoms with Crippen LogP contribution in [-0.4, -0.2) is 14.5 Å². The fraction of sp³-hybridized carbons (Fsp3) is 0.125. The Balaban J connectivity index is 2.45. The summed E-state index contributed by atoms with van der Waals surface area (Å²) in [5.41, 5.74) is -0.389. The number of aliphatic hydroxyl groups excluding tert-OH is 1. The molecule has 0 saturated carbocycles. The Labute approximate surface area is 124 Å². The van der Waals surface area contributed by atoms with Crippen molar-refractivity contribution in [2.75, 3.05) is 0 Å². The van der Waals surface area contributed by atoms with Crippen LogP contribution in [0.4, 0.5) is 8.78 Å². The highest BCUT2D eigenvalue weighted by molar-refractivity contribution is 5.67. The van der Waals surface area contributed by atoms with Gasteiger partial charge in [0.15, 0.2) is 11.5 Å². The number of pyridine rings is 1. The number of aromatic nitrogens is 2. The highest BCUT2D eigenvalue weighted by Crippen LogP contribution is 2.25. The lowest BCUT2D eigenvalue weighted by atomic mass is 10.0. The maximum Gasteiger partial charge on any atom is 0.266 e. The van der Waals surface area contributed by atoms with Crippen LogP contribution in [0.15, 0.2) is 47.4 Å². The maximum absolute atomic E-state index is 13.8. The van der Waals surface area contributed by atoms with E-state index in [0.29, 0.717) is 0 Å². The van der Waals surface area contributed by atoms with Gasteiger partial charge < -0.3 is 5.11 Å². The Morgan fingerprint density at radius 2 is 2.00 bits per heavy atom. The minimum absolute atomic E-state index is 0.0145. The Morgan fingerprint density at radius 3 is 2.68 bits per heavy atom. The third-order valence-electron chi connectivity index (χ3n) is 3.34. The average molecular weight is 302 g/mol. The van der Waals surface area contributed by atoms with E-state index in [2.05, 4.69) is 4.98 Å². The van der Waals surface area contributed by atoms with E-state index in [1.165, 1.54) is 43.5 Å². The van der Waals surface area contributed by atoms with Crippen LogP contribution in [0.5, 0.6) is 0 Å². The third-order valence-corrected chi connectivity index (χ3v) is 3.34.